The number of carbonyl (C=O) groups is 1. The Morgan fingerprint density at radius 1 is 1.50 bits per heavy atom. The molecule has 0 bridgehead atoms. The minimum absolute atomic E-state index is 0.395. The van der Waals surface area contributed by atoms with Crippen LogP contribution in [0.1, 0.15) is 20.8 Å². The highest BCUT2D eigenvalue weighted by atomic mass is 16.6. The molecular formula is C12H21N3O3. The molecule has 6 nitrogen and oxygen atoms in total. The van der Waals surface area contributed by atoms with Crippen LogP contribution in [-0.2, 0) is 16.0 Å². The van der Waals surface area contributed by atoms with Gasteiger partial charge in [-0.15, -0.1) is 0 Å². The minimum Gasteiger partial charge on any atom is -0.443 e. The van der Waals surface area contributed by atoms with Gasteiger partial charge in [0.2, 0.25) is 0 Å². The summed E-state index contributed by atoms with van der Waals surface area (Å²) in [5.74, 6) is 0. The Balaban J connectivity index is 2.63. The van der Waals surface area contributed by atoms with Crippen LogP contribution in [0.5, 0.6) is 0 Å². The third-order valence-electron chi connectivity index (χ3n) is 2.20. The monoisotopic (exact) mass is 255 g/mol. The van der Waals surface area contributed by atoms with Crippen LogP contribution in [0.25, 0.3) is 0 Å². The summed E-state index contributed by atoms with van der Waals surface area (Å²) >= 11 is 0. The van der Waals surface area contributed by atoms with Crippen molar-refractivity contribution in [3.63, 3.8) is 0 Å². The second kappa shape index (κ2) is 5.86. The molecule has 0 aliphatic rings. The quantitative estimate of drug-likeness (QED) is 0.824. The zero-order valence-corrected chi connectivity index (χ0v) is 11.6. The van der Waals surface area contributed by atoms with Crippen LogP contribution in [0.3, 0.4) is 0 Å². The van der Waals surface area contributed by atoms with E-state index in [2.05, 4.69) is 5.10 Å². The first kappa shape index (κ1) is 14.5. The molecule has 0 N–H and O–H groups in total. The van der Waals surface area contributed by atoms with Crippen molar-refractivity contribution in [3.05, 3.63) is 12.4 Å². The number of methoxy groups -OCH3 is 1. The van der Waals surface area contributed by atoms with Crippen LogP contribution < -0.4 is 4.90 Å². The largest absolute Gasteiger partial charge is 0.443 e. The first-order valence-corrected chi connectivity index (χ1v) is 5.81. The van der Waals surface area contributed by atoms with E-state index in [0.29, 0.717) is 18.8 Å². The summed E-state index contributed by atoms with van der Waals surface area (Å²) in [7, 11) is 3.29. The van der Waals surface area contributed by atoms with Gasteiger partial charge in [-0.2, -0.15) is 5.10 Å². The highest BCUT2D eigenvalue weighted by Crippen LogP contribution is 2.15. The molecule has 0 fully saturated rings. The van der Waals surface area contributed by atoms with Crippen molar-refractivity contribution in [1.29, 1.82) is 0 Å². The molecule has 0 atom stereocenters. The average molecular weight is 255 g/mol. The van der Waals surface area contributed by atoms with Crippen LogP contribution in [0.2, 0.25) is 0 Å². The Kier molecular flexibility index (Phi) is 4.72. The van der Waals surface area contributed by atoms with Crippen molar-refractivity contribution in [2.45, 2.75) is 32.9 Å². The molecule has 0 unspecified atom stereocenters. The summed E-state index contributed by atoms with van der Waals surface area (Å²) in [6.45, 7) is 6.73. The third kappa shape index (κ3) is 4.37. The van der Waals surface area contributed by atoms with Crippen molar-refractivity contribution < 1.29 is 14.3 Å². The Morgan fingerprint density at radius 2 is 2.17 bits per heavy atom. The first-order chi connectivity index (χ1) is 8.33. The zero-order chi connectivity index (χ0) is 13.8. The van der Waals surface area contributed by atoms with Crippen molar-refractivity contribution >= 4 is 11.8 Å². The Bertz CT molecular complexity index is 396. The van der Waals surface area contributed by atoms with Gasteiger partial charge < -0.3 is 9.47 Å². The summed E-state index contributed by atoms with van der Waals surface area (Å²) in [6, 6.07) is 0. The number of amides is 1. The maximum Gasteiger partial charge on any atom is 0.414 e. The minimum atomic E-state index is -0.503. The van der Waals surface area contributed by atoms with Gasteiger partial charge in [0, 0.05) is 20.4 Å². The molecule has 1 rings (SSSR count). The number of anilines is 1. The predicted molar refractivity (Wildman–Crippen MR) is 68.7 cm³/mol. The molecule has 102 valence electrons. The number of ether oxygens (including phenoxy) is 2. The molecule has 1 amide bonds. The average Bonchev–Trinajstić information content (AvgIpc) is 2.71. The van der Waals surface area contributed by atoms with Gasteiger partial charge in [-0.1, -0.05) is 0 Å². The lowest BCUT2D eigenvalue weighted by Crippen LogP contribution is -2.33. The van der Waals surface area contributed by atoms with Crippen molar-refractivity contribution in [2.75, 3.05) is 25.7 Å². The number of hydrogen-bond donors (Lipinski definition) is 0. The number of rotatable bonds is 4. The fraction of sp³-hybridized carbons (Fsp3) is 0.667. The second-order valence-electron chi connectivity index (χ2n) is 4.99. The number of aromatic nitrogens is 2. The molecule has 6 heteroatoms. The van der Waals surface area contributed by atoms with Crippen molar-refractivity contribution in [3.8, 4) is 0 Å². The molecule has 0 aromatic carbocycles. The maximum atomic E-state index is 11.8. The second-order valence-corrected chi connectivity index (χ2v) is 4.99. The van der Waals surface area contributed by atoms with E-state index >= 15 is 0 Å². The summed E-state index contributed by atoms with van der Waals surface area (Å²) in [6.07, 6.45) is 3.01. The van der Waals surface area contributed by atoms with E-state index in [1.807, 2.05) is 20.8 Å². The molecule has 0 aliphatic heterocycles. The van der Waals surface area contributed by atoms with Crippen LogP contribution in [0.4, 0.5) is 10.5 Å². The standard InChI is InChI=1S/C12H21N3O3/c1-12(2,3)18-11(16)14(4)10-8-13-15(9-10)6-7-17-5/h8-9H,6-7H2,1-5H3. The number of carbonyl (C=O) groups excluding carboxylic acids is 1. The van der Waals surface area contributed by atoms with Crippen LogP contribution >= 0.6 is 0 Å². The van der Waals surface area contributed by atoms with E-state index in [1.165, 1.54) is 4.90 Å². The Morgan fingerprint density at radius 3 is 2.72 bits per heavy atom. The summed E-state index contributed by atoms with van der Waals surface area (Å²) < 4.78 is 12.0. The summed E-state index contributed by atoms with van der Waals surface area (Å²) in [4.78, 5) is 13.3. The molecule has 18 heavy (non-hydrogen) atoms. The SMILES string of the molecule is COCCn1cc(N(C)C(=O)OC(C)(C)C)cn1. The smallest absolute Gasteiger partial charge is 0.414 e. The van der Waals surface area contributed by atoms with E-state index < -0.39 is 11.7 Å². The predicted octanol–water partition coefficient (Wildman–Crippen LogP) is 1.90. The van der Waals surface area contributed by atoms with Crippen LogP contribution in [0, 0.1) is 0 Å². The van der Waals surface area contributed by atoms with E-state index in [9.17, 15) is 4.79 Å². The summed E-state index contributed by atoms with van der Waals surface area (Å²) in [5, 5.41) is 4.14. The molecule has 0 spiro atoms. The van der Waals surface area contributed by atoms with Crippen LogP contribution in [-0.4, -0.2) is 42.2 Å². The van der Waals surface area contributed by atoms with E-state index in [0.717, 1.165) is 0 Å². The zero-order valence-electron chi connectivity index (χ0n) is 11.6. The molecule has 0 radical (unpaired) electrons. The molecule has 1 heterocycles. The van der Waals surface area contributed by atoms with Gasteiger partial charge in [0.25, 0.3) is 0 Å². The van der Waals surface area contributed by atoms with Gasteiger partial charge >= 0.3 is 6.09 Å². The third-order valence-corrected chi connectivity index (χ3v) is 2.20. The van der Waals surface area contributed by atoms with E-state index in [1.54, 1.807) is 31.2 Å². The lowest BCUT2D eigenvalue weighted by atomic mass is 10.2. The van der Waals surface area contributed by atoms with Gasteiger partial charge in [-0.25, -0.2) is 4.79 Å². The molecule has 0 saturated heterocycles. The fourth-order valence-electron chi connectivity index (χ4n) is 1.27. The number of hydrogen-bond acceptors (Lipinski definition) is 4. The van der Waals surface area contributed by atoms with E-state index in [-0.39, 0.29) is 0 Å². The molecule has 1 aromatic rings. The first-order valence-electron chi connectivity index (χ1n) is 5.81. The molecule has 0 saturated carbocycles. The van der Waals surface area contributed by atoms with Gasteiger partial charge in [0.1, 0.15) is 5.60 Å². The molecular weight excluding hydrogens is 234 g/mol. The van der Waals surface area contributed by atoms with Crippen LogP contribution in [0.15, 0.2) is 12.4 Å². The van der Waals surface area contributed by atoms with E-state index in [4.69, 9.17) is 9.47 Å². The lowest BCUT2D eigenvalue weighted by molar-refractivity contribution is 0.0589. The van der Waals surface area contributed by atoms with Crippen molar-refractivity contribution in [1.82, 2.24) is 9.78 Å². The van der Waals surface area contributed by atoms with Gasteiger partial charge in [-0.3, -0.25) is 9.58 Å². The topological polar surface area (TPSA) is 56.6 Å². The highest BCUT2D eigenvalue weighted by Gasteiger charge is 2.21. The summed E-state index contributed by atoms with van der Waals surface area (Å²) in [5.41, 5.74) is 0.192. The maximum absolute atomic E-state index is 11.8. The Labute approximate surface area is 107 Å². The lowest BCUT2D eigenvalue weighted by Gasteiger charge is -2.23. The van der Waals surface area contributed by atoms with Crippen molar-refractivity contribution in [2.24, 2.45) is 0 Å². The molecule has 0 aliphatic carbocycles. The fourth-order valence-corrected chi connectivity index (χ4v) is 1.27. The molecule has 1 aromatic heterocycles. The van der Waals surface area contributed by atoms with Gasteiger partial charge in [0.05, 0.1) is 25.0 Å². The van der Waals surface area contributed by atoms with Gasteiger partial charge in [0.15, 0.2) is 0 Å². The Hall–Kier alpha value is -1.56. The normalized spacial score (nSPS) is 11.4. The highest BCUT2D eigenvalue weighted by molar-refractivity contribution is 5.86. The van der Waals surface area contributed by atoms with Gasteiger partial charge in [-0.05, 0) is 20.8 Å². The number of nitrogens with zero attached hydrogens (tertiary/aromatic N) is 3.